The highest BCUT2D eigenvalue weighted by Gasteiger charge is 2.22. The molecule has 0 spiro atoms. The van der Waals surface area contributed by atoms with Crippen LogP contribution in [0.2, 0.25) is 0 Å². The first-order valence-corrected chi connectivity index (χ1v) is 12.0. The summed E-state index contributed by atoms with van der Waals surface area (Å²) >= 11 is 4.50. The number of morpholine rings is 1. The Bertz CT molecular complexity index is 1130. The summed E-state index contributed by atoms with van der Waals surface area (Å²) < 4.78 is 5.50. The number of benzene rings is 1. The summed E-state index contributed by atoms with van der Waals surface area (Å²) in [5, 5.41) is 17.7. The molecule has 1 aliphatic rings. The molecule has 6 nitrogen and oxygen atoms in total. The first kappa shape index (κ1) is 19.4. The molecule has 0 unspecified atom stereocenters. The van der Waals surface area contributed by atoms with E-state index >= 15 is 0 Å². The number of carbonyl (C=O) groups excluding carboxylic acids is 1. The van der Waals surface area contributed by atoms with Crippen molar-refractivity contribution in [3.8, 4) is 21.7 Å². The topological polar surface area (TPSA) is 67.4 Å². The predicted molar refractivity (Wildman–Crippen MR) is 124 cm³/mol. The van der Waals surface area contributed by atoms with Gasteiger partial charge in [-0.2, -0.15) is 11.3 Å². The number of hydrogen-bond donors (Lipinski definition) is 1. The Kier molecular flexibility index (Phi) is 5.58. The number of rotatable bonds is 5. The molecule has 3 aromatic heterocycles. The first-order chi connectivity index (χ1) is 14.8. The number of nitrogens with one attached hydrogen (secondary N) is 1. The van der Waals surface area contributed by atoms with Gasteiger partial charge in [0.05, 0.1) is 23.1 Å². The highest BCUT2D eigenvalue weighted by atomic mass is 32.1. The second-order valence-electron chi connectivity index (χ2n) is 6.67. The zero-order valence-electron chi connectivity index (χ0n) is 15.9. The summed E-state index contributed by atoms with van der Waals surface area (Å²) in [7, 11) is 0. The van der Waals surface area contributed by atoms with Crippen LogP contribution in [0.5, 0.6) is 0 Å². The Hall–Kier alpha value is -2.59. The SMILES string of the molecule is O=C(Nc1nnc(-c2ccsc2)s1)c1cc(-c2ccccc2)c(N2CCOCC2)s1. The second kappa shape index (κ2) is 8.65. The Balaban J connectivity index is 1.42. The molecule has 1 N–H and O–H groups in total. The number of nitrogens with zero attached hydrogens (tertiary/aromatic N) is 3. The van der Waals surface area contributed by atoms with Crippen molar-refractivity contribution in [3.63, 3.8) is 0 Å². The van der Waals surface area contributed by atoms with E-state index in [2.05, 4.69) is 32.5 Å². The predicted octanol–water partition coefficient (Wildman–Crippen LogP) is 5.08. The van der Waals surface area contributed by atoms with E-state index in [0.717, 1.165) is 39.8 Å². The highest BCUT2D eigenvalue weighted by molar-refractivity contribution is 7.20. The molecule has 0 saturated carbocycles. The molecule has 30 heavy (non-hydrogen) atoms. The molecule has 1 amide bonds. The van der Waals surface area contributed by atoms with Crippen molar-refractivity contribution < 1.29 is 9.53 Å². The number of ether oxygens (including phenoxy) is 1. The van der Waals surface area contributed by atoms with Gasteiger partial charge in [0, 0.05) is 29.6 Å². The molecule has 0 radical (unpaired) electrons. The standard InChI is InChI=1S/C21H18N4O2S3/c26-18(22-21-24-23-19(30-21)15-6-11-28-13-15)17-12-16(14-4-2-1-3-5-14)20(29-17)25-7-9-27-10-8-25/h1-6,11-13H,7-10H2,(H,22,24,26). The van der Waals surface area contributed by atoms with E-state index in [0.29, 0.717) is 23.2 Å². The third-order valence-corrected chi connectivity index (χ3v) is 7.50. The molecule has 1 fully saturated rings. The Labute approximate surface area is 185 Å². The van der Waals surface area contributed by atoms with Crippen LogP contribution in [0.4, 0.5) is 10.1 Å². The van der Waals surface area contributed by atoms with Crippen molar-refractivity contribution in [3.05, 3.63) is 58.1 Å². The van der Waals surface area contributed by atoms with E-state index in [1.54, 1.807) is 11.3 Å². The van der Waals surface area contributed by atoms with Crippen LogP contribution in [0.3, 0.4) is 0 Å². The van der Waals surface area contributed by atoms with E-state index in [1.807, 2.05) is 41.1 Å². The van der Waals surface area contributed by atoms with Gasteiger partial charge in [-0.15, -0.1) is 21.5 Å². The van der Waals surface area contributed by atoms with Crippen molar-refractivity contribution in [1.29, 1.82) is 0 Å². The number of anilines is 2. The molecule has 1 aliphatic heterocycles. The Morgan fingerprint density at radius 1 is 1.03 bits per heavy atom. The van der Waals surface area contributed by atoms with E-state index in [4.69, 9.17) is 4.74 Å². The highest BCUT2D eigenvalue weighted by Crippen LogP contribution is 2.40. The van der Waals surface area contributed by atoms with Gasteiger partial charge in [0.2, 0.25) is 5.13 Å². The van der Waals surface area contributed by atoms with Gasteiger partial charge < -0.3 is 9.64 Å². The van der Waals surface area contributed by atoms with Gasteiger partial charge in [-0.25, -0.2) is 0 Å². The molecule has 152 valence electrons. The van der Waals surface area contributed by atoms with Crippen molar-refractivity contribution in [2.75, 3.05) is 36.5 Å². The molecule has 0 aliphatic carbocycles. The van der Waals surface area contributed by atoms with E-state index in [-0.39, 0.29) is 5.91 Å². The lowest BCUT2D eigenvalue weighted by Gasteiger charge is -2.28. The summed E-state index contributed by atoms with van der Waals surface area (Å²) in [6.07, 6.45) is 0. The maximum Gasteiger partial charge on any atom is 0.267 e. The largest absolute Gasteiger partial charge is 0.378 e. The average Bonchev–Trinajstić information content (AvgIpc) is 3.55. The monoisotopic (exact) mass is 454 g/mol. The Morgan fingerprint density at radius 2 is 1.87 bits per heavy atom. The second-order valence-corrected chi connectivity index (χ2v) is 9.46. The van der Waals surface area contributed by atoms with Gasteiger partial charge in [0.25, 0.3) is 5.91 Å². The lowest BCUT2D eigenvalue weighted by Crippen LogP contribution is -2.35. The molecular weight excluding hydrogens is 436 g/mol. The van der Waals surface area contributed by atoms with E-state index in [1.165, 1.54) is 22.7 Å². The van der Waals surface area contributed by atoms with Gasteiger partial charge in [-0.05, 0) is 23.1 Å². The number of hydrogen-bond acceptors (Lipinski definition) is 8. The van der Waals surface area contributed by atoms with Crippen molar-refractivity contribution in [2.45, 2.75) is 0 Å². The van der Waals surface area contributed by atoms with Crippen molar-refractivity contribution >= 4 is 50.1 Å². The van der Waals surface area contributed by atoms with Crippen LogP contribution in [-0.4, -0.2) is 42.4 Å². The third-order valence-electron chi connectivity index (χ3n) is 4.73. The Morgan fingerprint density at radius 3 is 2.63 bits per heavy atom. The van der Waals surface area contributed by atoms with Crippen molar-refractivity contribution in [1.82, 2.24) is 10.2 Å². The van der Waals surface area contributed by atoms with Gasteiger partial charge in [0.1, 0.15) is 5.01 Å². The van der Waals surface area contributed by atoms with Gasteiger partial charge in [-0.3, -0.25) is 10.1 Å². The third kappa shape index (κ3) is 4.01. The fourth-order valence-electron chi connectivity index (χ4n) is 3.25. The lowest BCUT2D eigenvalue weighted by molar-refractivity contribution is 0.103. The molecule has 1 saturated heterocycles. The van der Waals surface area contributed by atoms with Crippen LogP contribution < -0.4 is 10.2 Å². The molecular formula is C21H18N4O2S3. The smallest absolute Gasteiger partial charge is 0.267 e. The van der Waals surface area contributed by atoms with Gasteiger partial charge in [-0.1, -0.05) is 41.7 Å². The van der Waals surface area contributed by atoms with Gasteiger partial charge >= 0.3 is 0 Å². The molecule has 0 bridgehead atoms. The van der Waals surface area contributed by atoms with Crippen LogP contribution in [0.1, 0.15) is 9.67 Å². The zero-order chi connectivity index (χ0) is 20.3. The minimum atomic E-state index is -0.162. The van der Waals surface area contributed by atoms with E-state index in [9.17, 15) is 4.79 Å². The minimum absolute atomic E-state index is 0.162. The van der Waals surface area contributed by atoms with Gasteiger partial charge in [0.15, 0.2) is 0 Å². The summed E-state index contributed by atoms with van der Waals surface area (Å²) in [4.78, 5) is 15.9. The number of amides is 1. The molecule has 1 aromatic carbocycles. The summed E-state index contributed by atoms with van der Waals surface area (Å²) in [5.74, 6) is -0.162. The van der Waals surface area contributed by atoms with Crippen molar-refractivity contribution in [2.24, 2.45) is 0 Å². The molecule has 9 heteroatoms. The number of thiophene rings is 2. The van der Waals surface area contributed by atoms with Crippen LogP contribution in [0.25, 0.3) is 21.7 Å². The number of aromatic nitrogens is 2. The fourth-order valence-corrected chi connectivity index (χ4v) is 5.83. The minimum Gasteiger partial charge on any atom is -0.378 e. The molecule has 0 atom stereocenters. The quantitative estimate of drug-likeness (QED) is 0.455. The zero-order valence-corrected chi connectivity index (χ0v) is 18.4. The normalized spacial score (nSPS) is 14.1. The molecule has 4 heterocycles. The summed E-state index contributed by atoms with van der Waals surface area (Å²) in [6, 6.07) is 14.2. The fraction of sp³-hybridized carbons (Fsp3) is 0.190. The molecule has 5 rings (SSSR count). The maximum absolute atomic E-state index is 13.0. The number of carbonyl (C=O) groups is 1. The average molecular weight is 455 g/mol. The van der Waals surface area contributed by atoms with Crippen LogP contribution in [0, 0.1) is 0 Å². The van der Waals surface area contributed by atoms with E-state index < -0.39 is 0 Å². The summed E-state index contributed by atoms with van der Waals surface area (Å²) in [6.45, 7) is 3.04. The first-order valence-electron chi connectivity index (χ1n) is 9.47. The van der Waals surface area contributed by atoms with Crippen LogP contribution in [-0.2, 0) is 4.74 Å². The maximum atomic E-state index is 13.0. The lowest BCUT2D eigenvalue weighted by atomic mass is 10.1. The van der Waals surface area contributed by atoms with Crippen LogP contribution >= 0.6 is 34.0 Å². The van der Waals surface area contributed by atoms with Crippen LogP contribution in [0.15, 0.2) is 53.2 Å². The molecule has 4 aromatic rings. The summed E-state index contributed by atoms with van der Waals surface area (Å²) in [5.41, 5.74) is 3.20.